The second-order valence-corrected chi connectivity index (χ2v) is 12.4. The molecule has 2 heteroatoms. The molecular formula is C46H36N2. The molecule has 0 aliphatic carbocycles. The van der Waals surface area contributed by atoms with E-state index in [4.69, 9.17) is 0 Å². The van der Waals surface area contributed by atoms with E-state index in [0.29, 0.717) is 0 Å². The number of fused-ring (bicyclic) bond motifs is 6. The first-order valence-electron chi connectivity index (χ1n) is 16.4. The zero-order valence-corrected chi connectivity index (χ0v) is 27.3. The minimum absolute atomic E-state index is 0.970. The van der Waals surface area contributed by atoms with Gasteiger partial charge in [-0.1, -0.05) is 104 Å². The van der Waals surface area contributed by atoms with Crippen molar-refractivity contribution in [3.63, 3.8) is 0 Å². The Bertz CT molecular complexity index is 2590. The van der Waals surface area contributed by atoms with Crippen LogP contribution < -0.4 is 0 Å². The zero-order valence-electron chi connectivity index (χ0n) is 27.3. The van der Waals surface area contributed by atoms with Crippen LogP contribution in [0.1, 0.15) is 19.4 Å². The molecule has 0 spiro atoms. The Hall–Kier alpha value is -6.12. The number of benzene rings is 6. The third-order valence-corrected chi connectivity index (χ3v) is 9.44. The van der Waals surface area contributed by atoms with Gasteiger partial charge < -0.3 is 9.13 Å². The molecule has 8 aromatic rings. The lowest BCUT2D eigenvalue weighted by Gasteiger charge is -2.09. The molecule has 0 bridgehead atoms. The summed E-state index contributed by atoms with van der Waals surface area (Å²) in [6.07, 6.45) is 6.18. The van der Waals surface area contributed by atoms with Crippen molar-refractivity contribution in [2.45, 2.75) is 13.8 Å². The van der Waals surface area contributed by atoms with Crippen molar-refractivity contribution >= 4 is 49.2 Å². The molecule has 0 saturated heterocycles. The van der Waals surface area contributed by atoms with Crippen molar-refractivity contribution in [3.8, 4) is 22.5 Å². The summed E-state index contributed by atoms with van der Waals surface area (Å²) in [6.45, 7) is 12.8. The van der Waals surface area contributed by atoms with Crippen LogP contribution in [0.4, 0.5) is 0 Å². The summed E-state index contributed by atoms with van der Waals surface area (Å²) in [4.78, 5) is 0. The van der Waals surface area contributed by atoms with E-state index in [1.807, 2.05) is 19.1 Å². The third-order valence-electron chi connectivity index (χ3n) is 9.44. The predicted molar refractivity (Wildman–Crippen MR) is 207 cm³/mol. The molecule has 48 heavy (non-hydrogen) atoms. The van der Waals surface area contributed by atoms with Crippen LogP contribution in [0.25, 0.3) is 71.7 Å². The predicted octanol–water partition coefficient (Wildman–Crippen LogP) is 12.6. The summed E-state index contributed by atoms with van der Waals surface area (Å²) in [5, 5.41) is 4.92. The summed E-state index contributed by atoms with van der Waals surface area (Å²) in [7, 11) is 0. The lowest BCUT2D eigenvalue weighted by atomic mass is 9.98. The fourth-order valence-electron chi connectivity index (χ4n) is 7.04. The summed E-state index contributed by atoms with van der Waals surface area (Å²) < 4.78 is 4.73. The molecule has 0 amide bonds. The Morgan fingerprint density at radius 3 is 1.58 bits per heavy atom. The van der Waals surface area contributed by atoms with Gasteiger partial charge in [-0.2, -0.15) is 0 Å². The number of hydrogen-bond acceptors (Lipinski definition) is 0. The van der Waals surface area contributed by atoms with Crippen molar-refractivity contribution in [2.24, 2.45) is 0 Å². The van der Waals surface area contributed by atoms with Gasteiger partial charge in [0.05, 0.1) is 22.1 Å². The van der Waals surface area contributed by atoms with E-state index in [1.165, 1.54) is 60.4 Å². The molecule has 0 aliphatic heterocycles. The molecule has 0 aliphatic rings. The highest BCUT2D eigenvalue weighted by molar-refractivity contribution is 6.13. The Balaban J connectivity index is 1.32. The maximum absolute atomic E-state index is 4.45. The molecule has 230 valence electrons. The summed E-state index contributed by atoms with van der Waals surface area (Å²) in [5.41, 5.74) is 13.6. The Kier molecular flexibility index (Phi) is 7.27. The third kappa shape index (κ3) is 4.90. The van der Waals surface area contributed by atoms with Gasteiger partial charge in [0.2, 0.25) is 0 Å². The van der Waals surface area contributed by atoms with Crippen LogP contribution in [0.2, 0.25) is 0 Å². The van der Waals surface area contributed by atoms with Crippen LogP contribution >= 0.6 is 0 Å². The minimum Gasteiger partial charge on any atom is -0.309 e. The van der Waals surface area contributed by atoms with Crippen LogP contribution in [-0.4, -0.2) is 9.13 Å². The van der Waals surface area contributed by atoms with Gasteiger partial charge in [-0.25, -0.2) is 0 Å². The van der Waals surface area contributed by atoms with E-state index >= 15 is 0 Å². The van der Waals surface area contributed by atoms with Crippen LogP contribution in [0, 0.1) is 0 Å². The molecule has 0 radical (unpaired) electrons. The second kappa shape index (κ2) is 11.9. The number of nitrogens with zero attached hydrogens (tertiary/aromatic N) is 2. The van der Waals surface area contributed by atoms with Crippen LogP contribution in [0.5, 0.6) is 0 Å². The fourth-order valence-corrected chi connectivity index (χ4v) is 7.04. The highest BCUT2D eigenvalue weighted by Crippen LogP contribution is 2.39. The molecular weight excluding hydrogens is 581 g/mol. The number of rotatable bonds is 7. The smallest absolute Gasteiger partial charge is 0.0541 e. The number of aromatic nitrogens is 2. The van der Waals surface area contributed by atoms with Gasteiger partial charge in [-0.3, -0.25) is 0 Å². The van der Waals surface area contributed by atoms with Gasteiger partial charge in [-0.05, 0) is 114 Å². The average molecular weight is 617 g/mol. The van der Waals surface area contributed by atoms with E-state index in [1.54, 1.807) is 0 Å². The molecule has 0 fully saturated rings. The van der Waals surface area contributed by atoms with Crippen LogP contribution in [0.3, 0.4) is 0 Å². The van der Waals surface area contributed by atoms with E-state index in [2.05, 4.69) is 175 Å². The normalized spacial score (nSPS) is 12.2. The summed E-state index contributed by atoms with van der Waals surface area (Å²) in [5.74, 6) is 0. The van der Waals surface area contributed by atoms with E-state index < -0.39 is 0 Å². The molecule has 2 heterocycles. The first kappa shape index (κ1) is 29.3. The number of allylic oxidation sites excluding steroid dienone is 6. The second-order valence-electron chi connectivity index (χ2n) is 12.4. The van der Waals surface area contributed by atoms with Gasteiger partial charge in [0.1, 0.15) is 0 Å². The maximum Gasteiger partial charge on any atom is 0.0541 e. The first-order chi connectivity index (χ1) is 23.5. The standard InChI is InChI=1S/C46H36N2/c1-5-14-31(2)32(3)27-33(4)34-21-24-45-41(28-34)42-30-36(23-26-46(42)48(45)38-17-10-7-11-18-38)35-22-25-44-40(29-35)39-19-12-13-20-43(39)47(44)37-15-8-6-9-16-37/h5-30H,2,4H2,1,3H3/b14-5-,32-27+. The van der Waals surface area contributed by atoms with Crippen LogP contribution in [0.15, 0.2) is 182 Å². The fraction of sp³-hybridized carbons (Fsp3) is 0.0435. The van der Waals surface area contributed by atoms with Crippen molar-refractivity contribution in [3.05, 3.63) is 188 Å². The first-order valence-corrected chi connectivity index (χ1v) is 16.4. The van der Waals surface area contributed by atoms with Gasteiger partial charge >= 0.3 is 0 Å². The Labute approximate surface area is 281 Å². The average Bonchev–Trinajstić information content (AvgIpc) is 3.64. The van der Waals surface area contributed by atoms with Gasteiger partial charge in [-0.15, -0.1) is 0 Å². The maximum atomic E-state index is 4.45. The molecule has 0 N–H and O–H groups in total. The minimum atomic E-state index is 0.970. The molecule has 8 rings (SSSR count). The molecule has 6 aromatic carbocycles. The van der Waals surface area contributed by atoms with E-state index in [9.17, 15) is 0 Å². The molecule has 0 saturated carbocycles. The monoisotopic (exact) mass is 616 g/mol. The summed E-state index contributed by atoms with van der Waals surface area (Å²) in [6, 6.07) is 50.4. The van der Waals surface area contributed by atoms with Gasteiger partial charge in [0.25, 0.3) is 0 Å². The molecule has 0 unspecified atom stereocenters. The Morgan fingerprint density at radius 1 is 0.521 bits per heavy atom. The summed E-state index contributed by atoms with van der Waals surface area (Å²) >= 11 is 0. The largest absolute Gasteiger partial charge is 0.309 e. The van der Waals surface area contributed by atoms with Crippen molar-refractivity contribution in [1.82, 2.24) is 9.13 Å². The quantitative estimate of drug-likeness (QED) is 0.158. The van der Waals surface area contributed by atoms with Gasteiger partial charge in [0, 0.05) is 32.9 Å². The van der Waals surface area contributed by atoms with Gasteiger partial charge in [0.15, 0.2) is 0 Å². The molecule has 2 nitrogen and oxygen atoms in total. The van der Waals surface area contributed by atoms with Crippen molar-refractivity contribution in [1.29, 1.82) is 0 Å². The SMILES string of the molecule is C=C(/C=C\C)/C(C)=C/C(=C)c1ccc2c(c1)c1cc(-c3ccc4c(c3)c3ccccc3n4-c3ccccc3)ccc1n2-c1ccccc1. The highest BCUT2D eigenvalue weighted by atomic mass is 15.0. The van der Waals surface area contributed by atoms with Crippen molar-refractivity contribution in [2.75, 3.05) is 0 Å². The zero-order chi connectivity index (χ0) is 32.8. The number of hydrogen-bond donors (Lipinski definition) is 0. The lowest BCUT2D eigenvalue weighted by Crippen LogP contribution is -1.93. The molecule has 0 atom stereocenters. The van der Waals surface area contributed by atoms with Crippen LogP contribution in [-0.2, 0) is 0 Å². The number of para-hydroxylation sites is 3. The van der Waals surface area contributed by atoms with Crippen molar-refractivity contribution < 1.29 is 0 Å². The highest BCUT2D eigenvalue weighted by Gasteiger charge is 2.16. The lowest BCUT2D eigenvalue weighted by molar-refractivity contribution is 1.18. The van der Waals surface area contributed by atoms with E-state index in [-0.39, 0.29) is 0 Å². The van der Waals surface area contributed by atoms with E-state index in [0.717, 1.165) is 28.0 Å². The topological polar surface area (TPSA) is 9.86 Å². The Morgan fingerprint density at radius 2 is 1.00 bits per heavy atom. The molecule has 2 aromatic heterocycles.